The molecule has 3 aliphatic rings. The Balaban J connectivity index is 1.31. The van der Waals surface area contributed by atoms with Crippen LogP contribution in [0.25, 0.3) is 11.3 Å². The molecule has 2 aliphatic heterocycles. The molecule has 2 aromatic carbocycles. The number of amides is 1. The molecule has 1 spiro atoms. The highest BCUT2D eigenvalue weighted by Gasteiger charge is 2.47. The average Bonchev–Trinajstić information content (AvgIpc) is 3.51. The van der Waals surface area contributed by atoms with Crippen LogP contribution in [0.3, 0.4) is 0 Å². The predicted molar refractivity (Wildman–Crippen MR) is 114 cm³/mol. The summed E-state index contributed by atoms with van der Waals surface area (Å²) in [6.07, 6.45) is 5.93. The smallest absolute Gasteiger partial charge is 0.253 e. The monoisotopic (exact) mass is 417 g/mol. The van der Waals surface area contributed by atoms with Crippen molar-refractivity contribution in [3.8, 4) is 17.0 Å². The maximum Gasteiger partial charge on any atom is 0.253 e. The second-order valence-electron chi connectivity index (χ2n) is 8.93. The van der Waals surface area contributed by atoms with Crippen LogP contribution in [0.2, 0.25) is 0 Å². The number of carbonyl (C=O) groups excluding carboxylic acids is 1. The van der Waals surface area contributed by atoms with E-state index in [2.05, 4.69) is 10.6 Å². The van der Waals surface area contributed by atoms with Crippen LogP contribution in [0.15, 0.2) is 54.9 Å². The number of benzene rings is 2. The molecule has 1 amide bonds. The van der Waals surface area contributed by atoms with Crippen LogP contribution in [0.5, 0.6) is 5.75 Å². The molecule has 1 aliphatic carbocycles. The Bertz CT molecular complexity index is 1140. The third-order valence-electron chi connectivity index (χ3n) is 6.82. The third kappa shape index (κ3) is 3.12. The minimum atomic E-state index is -0.478. The first-order valence-corrected chi connectivity index (χ1v) is 11.0. The fourth-order valence-electron chi connectivity index (χ4n) is 4.97. The van der Waals surface area contributed by atoms with E-state index in [9.17, 15) is 9.18 Å². The molecule has 1 aromatic heterocycles. The van der Waals surface area contributed by atoms with Crippen molar-refractivity contribution >= 4 is 5.91 Å². The molecule has 2 fully saturated rings. The highest BCUT2D eigenvalue weighted by molar-refractivity contribution is 5.94. The van der Waals surface area contributed by atoms with Gasteiger partial charge in [0.25, 0.3) is 5.91 Å². The normalized spacial score (nSPS) is 18.9. The number of rotatable bonds is 3. The summed E-state index contributed by atoms with van der Waals surface area (Å²) in [6.45, 7) is 2.16. The number of hydrogen-bond donors (Lipinski definition) is 0. The van der Waals surface area contributed by atoms with Crippen LogP contribution >= 0.6 is 0 Å². The van der Waals surface area contributed by atoms with E-state index in [0.717, 1.165) is 35.2 Å². The number of piperidine rings is 1. The molecule has 3 aromatic rings. The van der Waals surface area contributed by atoms with Crippen molar-refractivity contribution in [3.63, 3.8) is 0 Å². The summed E-state index contributed by atoms with van der Waals surface area (Å²) in [4.78, 5) is 19.6. The van der Waals surface area contributed by atoms with Crippen LogP contribution in [0, 0.1) is 11.7 Å². The Morgan fingerprint density at radius 1 is 1.10 bits per heavy atom. The Kier molecular flexibility index (Phi) is 4.16. The maximum absolute atomic E-state index is 13.2. The summed E-state index contributed by atoms with van der Waals surface area (Å²) in [5.74, 6) is 1.20. The molecule has 31 heavy (non-hydrogen) atoms. The molecule has 1 saturated heterocycles. The summed E-state index contributed by atoms with van der Waals surface area (Å²) in [5, 5.41) is 0. The number of fused-ring (bicyclic) bond motifs is 4. The van der Waals surface area contributed by atoms with Gasteiger partial charge in [0.15, 0.2) is 5.60 Å². The zero-order valence-corrected chi connectivity index (χ0v) is 17.3. The molecule has 3 heterocycles. The van der Waals surface area contributed by atoms with Gasteiger partial charge in [-0.25, -0.2) is 9.37 Å². The summed E-state index contributed by atoms with van der Waals surface area (Å²) in [5.41, 5.74) is 3.26. The lowest BCUT2D eigenvalue weighted by Crippen LogP contribution is -2.50. The quantitative estimate of drug-likeness (QED) is 0.625. The summed E-state index contributed by atoms with van der Waals surface area (Å²) >= 11 is 0. The van der Waals surface area contributed by atoms with E-state index in [1.165, 1.54) is 25.0 Å². The van der Waals surface area contributed by atoms with Crippen molar-refractivity contribution in [1.29, 1.82) is 0 Å². The largest absolute Gasteiger partial charge is 0.480 e. The summed E-state index contributed by atoms with van der Waals surface area (Å²) in [6, 6.07) is 13.9. The molecule has 0 bridgehead atoms. The van der Waals surface area contributed by atoms with E-state index in [1.54, 1.807) is 12.1 Å². The number of hydrogen-bond acceptors (Lipinski definition) is 3. The van der Waals surface area contributed by atoms with Gasteiger partial charge in [-0.1, -0.05) is 12.1 Å². The number of aromatic nitrogens is 2. The van der Waals surface area contributed by atoms with Crippen molar-refractivity contribution in [2.75, 3.05) is 13.1 Å². The number of imidazole rings is 1. The topological polar surface area (TPSA) is 47.4 Å². The van der Waals surface area contributed by atoms with Gasteiger partial charge >= 0.3 is 0 Å². The Labute approximate surface area is 180 Å². The van der Waals surface area contributed by atoms with Crippen molar-refractivity contribution < 1.29 is 13.9 Å². The Hall–Kier alpha value is -3.15. The fraction of sp³-hybridized carbons (Fsp3) is 0.360. The highest BCUT2D eigenvalue weighted by Crippen LogP contribution is 2.49. The minimum absolute atomic E-state index is 0.0576. The van der Waals surface area contributed by atoms with Gasteiger partial charge in [0, 0.05) is 43.6 Å². The Morgan fingerprint density at radius 2 is 1.84 bits per heavy atom. The first-order chi connectivity index (χ1) is 15.1. The highest BCUT2D eigenvalue weighted by atomic mass is 19.1. The number of para-hydroxylation sites is 1. The molecule has 0 unspecified atom stereocenters. The zero-order valence-electron chi connectivity index (χ0n) is 17.3. The SMILES string of the molecule is O=C(c1ccc(F)cc1)N1CCC2(CC1)Oc1ccccc1-c1ncn(CC3CC3)c12. The van der Waals surface area contributed by atoms with Crippen molar-refractivity contribution in [2.24, 2.45) is 5.92 Å². The van der Waals surface area contributed by atoms with E-state index < -0.39 is 5.60 Å². The summed E-state index contributed by atoms with van der Waals surface area (Å²) in [7, 11) is 0. The van der Waals surface area contributed by atoms with Gasteiger partial charge in [0.05, 0.1) is 17.7 Å². The van der Waals surface area contributed by atoms with Crippen LogP contribution in [-0.2, 0) is 12.1 Å². The molecule has 0 radical (unpaired) electrons. The molecular weight excluding hydrogens is 393 g/mol. The molecule has 6 heteroatoms. The molecule has 6 rings (SSSR count). The molecule has 0 N–H and O–H groups in total. The van der Waals surface area contributed by atoms with E-state index in [0.29, 0.717) is 31.5 Å². The number of likely N-dealkylation sites (tertiary alicyclic amines) is 1. The summed E-state index contributed by atoms with van der Waals surface area (Å²) < 4.78 is 22.2. The molecule has 0 atom stereocenters. The zero-order chi connectivity index (χ0) is 21.0. The first-order valence-electron chi connectivity index (χ1n) is 11.0. The lowest BCUT2D eigenvalue weighted by molar-refractivity contribution is -0.00743. The number of nitrogens with zero attached hydrogens (tertiary/aromatic N) is 3. The fourth-order valence-corrected chi connectivity index (χ4v) is 4.97. The molecule has 158 valence electrons. The first kappa shape index (κ1) is 18.6. The number of ether oxygens (including phenoxy) is 1. The Morgan fingerprint density at radius 3 is 2.58 bits per heavy atom. The lowest BCUT2D eigenvalue weighted by atomic mass is 9.83. The van der Waals surface area contributed by atoms with Gasteiger partial charge < -0.3 is 14.2 Å². The van der Waals surface area contributed by atoms with E-state index >= 15 is 0 Å². The minimum Gasteiger partial charge on any atom is -0.480 e. The van der Waals surface area contributed by atoms with Gasteiger partial charge in [0.1, 0.15) is 11.6 Å². The molecular formula is C25H24FN3O2. The maximum atomic E-state index is 13.2. The van der Waals surface area contributed by atoms with Gasteiger partial charge in [-0.15, -0.1) is 0 Å². The molecule has 1 saturated carbocycles. The third-order valence-corrected chi connectivity index (χ3v) is 6.82. The second kappa shape index (κ2) is 6.94. The van der Waals surface area contributed by atoms with Gasteiger partial charge in [-0.3, -0.25) is 4.79 Å². The molecule has 5 nitrogen and oxygen atoms in total. The van der Waals surface area contributed by atoms with E-state index in [1.807, 2.05) is 29.4 Å². The van der Waals surface area contributed by atoms with E-state index in [-0.39, 0.29) is 11.7 Å². The standard InChI is InChI=1S/C25H24FN3O2/c26-19-9-7-18(8-10-19)24(30)28-13-11-25(12-14-28)23-22(20-3-1-2-4-21(20)31-25)27-16-29(23)15-17-5-6-17/h1-4,7-10,16-17H,5-6,11-15H2. The average molecular weight is 417 g/mol. The van der Waals surface area contributed by atoms with Crippen LogP contribution < -0.4 is 4.74 Å². The van der Waals surface area contributed by atoms with Crippen molar-refractivity contribution in [3.05, 3.63) is 71.9 Å². The second-order valence-corrected chi connectivity index (χ2v) is 8.93. The van der Waals surface area contributed by atoms with Crippen molar-refractivity contribution in [1.82, 2.24) is 14.5 Å². The van der Waals surface area contributed by atoms with Crippen LogP contribution in [0.4, 0.5) is 4.39 Å². The van der Waals surface area contributed by atoms with E-state index in [4.69, 9.17) is 9.72 Å². The van der Waals surface area contributed by atoms with Crippen molar-refractivity contribution in [2.45, 2.75) is 37.8 Å². The predicted octanol–water partition coefficient (Wildman–Crippen LogP) is 4.62. The van der Waals surface area contributed by atoms with Gasteiger partial charge in [-0.05, 0) is 55.2 Å². The lowest BCUT2D eigenvalue weighted by Gasteiger charge is -2.44. The number of halogens is 1. The van der Waals surface area contributed by atoms with Crippen LogP contribution in [-0.4, -0.2) is 33.4 Å². The van der Waals surface area contributed by atoms with Crippen LogP contribution in [0.1, 0.15) is 41.7 Å². The van der Waals surface area contributed by atoms with Gasteiger partial charge in [-0.2, -0.15) is 0 Å². The van der Waals surface area contributed by atoms with Gasteiger partial charge in [0.2, 0.25) is 0 Å². The number of carbonyl (C=O) groups is 1.